The number of aromatic amines is 1. The Morgan fingerprint density at radius 3 is 2.62 bits per heavy atom. The van der Waals surface area contributed by atoms with Crippen LogP contribution in [0.15, 0.2) is 83.7 Å². The van der Waals surface area contributed by atoms with Crippen molar-refractivity contribution in [3.8, 4) is 22.8 Å². The Labute approximate surface area is 245 Å². The van der Waals surface area contributed by atoms with Gasteiger partial charge in [0.25, 0.3) is 0 Å². The number of H-pyrrole nitrogens is 1. The summed E-state index contributed by atoms with van der Waals surface area (Å²) in [4.78, 5) is 20.2. The van der Waals surface area contributed by atoms with Crippen molar-refractivity contribution in [1.82, 2.24) is 9.88 Å². The number of aliphatic hydroxyl groups excluding tert-OH is 1. The van der Waals surface area contributed by atoms with Crippen molar-refractivity contribution in [3.63, 3.8) is 0 Å². The van der Waals surface area contributed by atoms with E-state index in [1.54, 1.807) is 6.07 Å². The molecule has 0 unspecified atom stereocenters. The Morgan fingerprint density at radius 1 is 0.929 bits per heavy atom. The van der Waals surface area contributed by atoms with Crippen LogP contribution in [0.3, 0.4) is 0 Å². The van der Waals surface area contributed by atoms with Crippen molar-refractivity contribution in [2.75, 3.05) is 49.6 Å². The van der Waals surface area contributed by atoms with E-state index >= 15 is 0 Å². The van der Waals surface area contributed by atoms with Gasteiger partial charge in [-0.3, -0.25) is 9.69 Å². The molecule has 2 saturated heterocycles. The Kier molecular flexibility index (Phi) is 7.42. The van der Waals surface area contributed by atoms with E-state index in [2.05, 4.69) is 56.5 Å². The average Bonchev–Trinajstić information content (AvgIpc) is 3.02. The zero-order valence-electron chi connectivity index (χ0n) is 23.6. The lowest BCUT2D eigenvalue weighted by molar-refractivity contribution is 0.0562. The number of piperidine rings is 1. The first-order chi connectivity index (χ1) is 20.6. The molecular formula is C34H36N4O4. The first-order valence-electron chi connectivity index (χ1n) is 14.8. The lowest BCUT2D eigenvalue weighted by Crippen LogP contribution is -2.49. The number of morpholine rings is 1. The molecule has 4 heterocycles. The number of fused-ring (bicyclic) bond motifs is 2. The molecule has 1 aromatic heterocycles. The second kappa shape index (κ2) is 11.6. The summed E-state index contributed by atoms with van der Waals surface area (Å²) in [7, 11) is 0. The molecule has 0 bridgehead atoms. The van der Waals surface area contributed by atoms with Crippen LogP contribution in [0.5, 0.6) is 11.5 Å². The number of likely N-dealkylation sites (tertiary alicyclic amines) is 1. The molecule has 3 aromatic carbocycles. The van der Waals surface area contributed by atoms with Crippen molar-refractivity contribution >= 4 is 11.4 Å². The topological polar surface area (TPSA) is 90.1 Å². The predicted octanol–water partition coefficient (Wildman–Crippen LogP) is 4.62. The Hall–Kier alpha value is -4.11. The summed E-state index contributed by atoms with van der Waals surface area (Å²) in [6.07, 6.45) is 1.14. The van der Waals surface area contributed by atoms with E-state index in [0.717, 1.165) is 84.3 Å². The molecule has 7 rings (SSSR count). The number of nitrogens with zero attached hydrogens (tertiary/aromatic N) is 2. The van der Waals surface area contributed by atoms with Gasteiger partial charge in [-0.25, -0.2) is 0 Å². The van der Waals surface area contributed by atoms with Crippen LogP contribution in [0.2, 0.25) is 0 Å². The summed E-state index contributed by atoms with van der Waals surface area (Å²) >= 11 is 0. The molecule has 0 saturated carbocycles. The van der Waals surface area contributed by atoms with Crippen LogP contribution >= 0.6 is 0 Å². The fraction of sp³-hybridized carbons (Fsp3) is 0.324. The third-order valence-corrected chi connectivity index (χ3v) is 8.51. The zero-order valence-corrected chi connectivity index (χ0v) is 23.6. The molecule has 0 spiro atoms. The Bertz CT molecular complexity index is 1620. The molecule has 8 nitrogen and oxygen atoms in total. The predicted molar refractivity (Wildman–Crippen MR) is 165 cm³/mol. The molecule has 3 aliphatic heterocycles. The normalized spacial score (nSPS) is 20.4. The number of hydrogen-bond acceptors (Lipinski definition) is 7. The average molecular weight is 565 g/mol. The van der Waals surface area contributed by atoms with Gasteiger partial charge in [-0.1, -0.05) is 42.5 Å². The van der Waals surface area contributed by atoms with Gasteiger partial charge in [0.2, 0.25) is 5.56 Å². The minimum absolute atomic E-state index is 0.00552. The lowest BCUT2D eigenvalue weighted by Gasteiger charge is -2.37. The number of nitrogens with one attached hydrogen (secondary N) is 2. The van der Waals surface area contributed by atoms with Gasteiger partial charge >= 0.3 is 0 Å². The fourth-order valence-electron chi connectivity index (χ4n) is 6.32. The summed E-state index contributed by atoms with van der Waals surface area (Å²) in [5.74, 6) is 1.59. The summed E-state index contributed by atoms with van der Waals surface area (Å²) in [5, 5.41) is 14.5. The number of para-hydroxylation sites is 1. The van der Waals surface area contributed by atoms with Gasteiger partial charge in [-0.2, -0.15) is 0 Å². The van der Waals surface area contributed by atoms with Crippen LogP contribution in [-0.4, -0.2) is 66.5 Å². The minimum atomic E-state index is -0.451. The van der Waals surface area contributed by atoms with E-state index in [-0.39, 0.29) is 11.6 Å². The summed E-state index contributed by atoms with van der Waals surface area (Å²) < 4.78 is 12.0. The van der Waals surface area contributed by atoms with Gasteiger partial charge in [0.05, 0.1) is 31.1 Å². The molecule has 8 heteroatoms. The van der Waals surface area contributed by atoms with Gasteiger partial charge in [-0.05, 0) is 47.9 Å². The Morgan fingerprint density at radius 2 is 1.79 bits per heavy atom. The lowest BCUT2D eigenvalue weighted by atomic mass is 9.95. The van der Waals surface area contributed by atoms with Gasteiger partial charge in [0.1, 0.15) is 11.5 Å². The van der Waals surface area contributed by atoms with E-state index in [1.165, 1.54) is 5.56 Å². The van der Waals surface area contributed by atoms with Gasteiger partial charge in [0, 0.05) is 67.7 Å². The maximum Gasteiger partial charge on any atom is 0.250 e. The maximum absolute atomic E-state index is 12.6. The van der Waals surface area contributed by atoms with E-state index < -0.39 is 6.10 Å². The molecule has 3 N–H and O–H groups in total. The fourth-order valence-corrected chi connectivity index (χ4v) is 6.32. The van der Waals surface area contributed by atoms with Gasteiger partial charge < -0.3 is 29.8 Å². The minimum Gasteiger partial charge on any atom is -0.456 e. The van der Waals surface area contributed by atoms with Gasteiger partial charge in [-0.15, -0.1) is 0 Å². The van der Waals surface area contributed by atoms with Crippen molar-refractivity contribution < 1.29 is 14.6 Å². The molecular weight excluding hydrogens is 528 g/mol. The highest BCUT2D eigenvalue weighted by atomic mass is 16.5. The quantitative estimate of drug-likeness (QED) is 0.277. The maximum atomic E-state index is 12.6. The summed E-state index contributed by atoms with van der Waals surface area (Å²) in [6.45, 7) is 5.28. The number of rotatable bonds is 6. The highest BCUT2D eigenvalue weighted by molar-refractivity contribution is 5.74. The second-order valence-electron chi connectivity index (χ2n) is 11.4. The second-order valence-corrected chi connectivity index (χ2v) is 11.4. The number of aliphatic hydroxyl groups is 1. The summed E-state index contributed by atoms with van der Waals surface area (Å²) in [6, 6.07) is 26.4. The number of benzene rings is 3. The molecule has 0 amide bonds. The first-order valence-corrected chi connectivity index (χ1v) is 14.8. The van der Waals surface area contributed by atoms with E-state index in [0.29, 0.717) is 19.8 Å². The number of hydrogen-bond donors (Lipinski definition) is 3. The number of β-amino-alcohol motifs (C(OH)–C–C–N with tert-alkyl or cyclic N) is 1. The van der Waals surface area contributed by atoms with Crippen molar-refractivity contribution in [3.05, 3.63) is 106 Å². The molecule has 0 radical (unpaired) electrons. The molecule has 2 atom stereocenters. The standard InChI is InChI=1S/C34H36N4O4/c39-31-22-37(21-23-5-2-1-3-6-23)12-11-29(31)35-26-9-10-32-25(18-26)17-24-7-4-8-28(34(24)42-32)30-19-27(20-33(40)36-30)38-13-15-41-16-14-38/h1-10,18-20,29,31,35,39H,11-17,21-22H2,(H,36,40)/t29-,31-/m0/s1. The van der Waals surface area contributed by atoms with Crippen LogP contribution in [0.25, 0.3) is 11.3 Å². The summed E-state index contributed by atoms with van der Waals surface area (Å²) in [5.41, 5.74) is 6.81. The van der Waals surface area contributed by atoms with Crippen molar-refractivity contribution in [1.29, 1.82) is 0 Å². The number of anilines is 2. The van der Waals surface area contributed by atoms with Crippen LogP contribution in [-0.2, 0) is 17.7 Å². The van der Waals surface area contributed by atoms with E-state index in [9.17, 15) is 9.90 Å². The Balaban J connectivity index is 1.06. The monoisotopic (exact) mass is 564 g/mol. The molecule has 42 heavy (non-hydrogen) atoms. The van der Waals surface area contributed by atoms with Gasteiger partial charge in [0.15, 0.2) is 0 Å². The van der Waals surface area contributed by atoms with E-state index in [4.69, 9.17) is 9.47 Å². The third-order valence-electron chi connectivity index (χ3n) is 8.51. The smallest absolute Gasteiger partial charge is 0.250 e. The van der Waals surface area contributed by atoms with Crippen LogP contribution < -0.4 is 20.5 Å². The first kappa shape index (κ1) is 26.8. The highest BCUT2D eigenvalue weighted by Crippen LogP contribution is 2.43. The molecule has 3 aliphatic rings. The third kappa shape index (κ3) is 5.66. The number of ether oxygens (including phenoxy) is 2. The SMILES string of the molecule is O=c1cc(N2CCOCC2)cc(-c2cccc3c2Oc2ccc(N[C@H]4CCN(Cc5ccccc5)C[C@@H]4O)cc2C3)[nH]1. The zero-order chi connectivity index (χ0) is 28.5. The van der Waals surface area contributed by atoms with Crippen molar-refractivity contribution in [2.45, 2.75) is 31.5 Å². The van der Waals surface area contributed by atoms with Crippen molar-refractivity contribution in [2.24, 2.45) is 0 Å². The molecule has 216 valence electrons. The molecule has 0 aliphatic carbocycles. The highest BCUT2D eigenvalue weighted by Gasteiger charge is 2.28. The van der Waals surface area contributed by atoms with Crippen LogP contribution in [0.4, 0.5) is 11.4 Å². The van der Waals surface area contributed by atoms with E-state index in [1.807, 2.05) is 36.4 Å². The number of aromatic nitrogens is 1. The molecule has 4 aromatic rings. The molecule has 2 fully saturated rings. The number of pyridine rings is 1. The van der Waals surface area contributed by atoms with Crippen LogP contribution in [0.1, 0.15) is 23.1 Å². The van der Waals surface area contributed by atoms with Crippen LogP contribution in [0, 0.1) is 0 Å². The largest absolute Gasteiger partial charge is 0.456 e.